The van der Waals surface area contributed by atoms with E-state index < -0.39 is 0 Å². The number of aryl methyl sites for hydroxylation is 1. The Balaban J connectivity index is 1.86. The lowest BCUT2D eigenvalue weighted by atomic mass is 10.1. The molecule has 3 nitrogen and oxygen atoms in total. The zero-order valence-electron chi connectivity index (χ0n) is 12.3. The van der Waals surface area contributed by atoms with Crippen molar-refractivity contribution in [1.29, 1.82) is 0 Å². The number of nitrogens with two attached hydrogens (primary N) is 1. The predicted octanol–water partition coefficient (Wildman–Crippen LogP) is 2.91. The molecule has 0 aliphatic heterocycles. The molecule has 0 spiro atoms. The Morgan fingerprint density at radius 1 is 1.24 bits per heavy atom. The van der Waals surface area contributed by atoms with Gasteiger partial charge in [0.05, 0.1) is 0 Å². The van der Waals surface area contributed by atoms with E-state index in [1.54, 1.807) is 0 Å². The Morgan fingerprint density at radius 2 is 2.00 bits per heavy atom. The number of nitrogens with one attached hydrogen (secondary N) is 1. The Bertz CT molecular complexity index is 628. The van der Waals surface area contributed by atoms with Gasteiger partial charge in [-0.15, -0.1) is 0 Å². The maximum absolute atomic E-state index is 12.0. The molecule has 0 saturated carbocycles. The summed E-state index contributed by atoms with van der Waals surface area (Å²) in [6.45, 7) is 4.44. The summed E-state index contributed by atoms with van der Waals surface area (Å²) in [5.41, 5.74) is 3.08. The zero-order chi connectivity index (χ0) is 15.2. The highest BCUT2D eigenvalue weighted by atomic mass is 35.5. The molecule has 110 valence electrons. The second-order valence-corrected chi connectivity index (χ2v) is 5.64. The van der Waals surface area contributed by atoms with Gasteiger partial charge in [0, 0.05) is 16.3 Å². The van der Waals surface area contributed by atoms with Crippen LogP contribution in [0.25, 0.3) is 0 Å². The predicted molar refractivity (Wildman–Crippen MR) is 86.5 cm³/mol. The third-order valence-electron chi connectivity index (χ3n) is 3.33. The maximum atomic E-state index is 12.0. The largest absolute Gasteiger partial charge is 0.333 e. The molecule has 1 amide bonds. The second-order valence-electron chi connectivity index (χ2n) is 5.20. The van der Waals surface area contributed by atoms with Gasteiger partial charge in [0.2, 0.25) is 0 Å². The molecule has 0 aliphatic carbocycles. The van der Waals surface area contributed by atoms with Gasteiger partial charge in [-0.1, -0.05) is 35.9 Å². The normalized spacial score (nSPS) is 12.0. The summed E-state index contributed by atoms with van der Waals surface area (Å²) in [6.07, 6.45) is 0. The summed E-state index contributed by atoms with van der Waals surface area (Å²) in [5.74, 6) is -0.00511. The molecule has 3 N–H and O–H groups in total. The van der Waals surface area contributed by atoms with Crippen LogP contribution >= 0.6 is 11.6 Å². The summed E-state index contributed by atoms with van der Waals surface area (Å²) < 4.78 is 0. The van der Waals surface area contributed by atoms with Crippen LogP contribution in [0.1, 0.15) is 24.1 Å². The highest BCUT2D eigenvalue weighted by molar-refractivity contribution is 6.30. The molecule has 0 radical (unpaired) electrons. The van der Waals surface area contributed by atoms with E-state index in [2.05, 4.69) is 12.2 Å². The smallest absolute Gasteiger partial charge is 0.279 e. The van der Waals surface area contributed by atoms with E-state index in [1.807, 2.05) is 60.8 Å². The van der Waals surface area contributed by atoms with Gasteiger partial charge in [0.1, 0.15) is 6.04 Å². The number of hydrogen-bond donors (Lipinski definition) is 2. The molecule has 2 aromatic carbocycles. The van der Waals surface area contributed by atoms with E-state index in [-0.39, 0.29) is 11.9 Å². The van der Waals surface area contributed by atoms with Crippen molar-refractivity contribution in [2.24, 2.45) is 0 Å². The number of benzene rings is 2. The van der Waals surface area contributed by atoms with E-state index in [4.69, 9.17) is 11.6 Å². The fraction of sp³-hybridized carbons (Fsp3) is 0.235. The van der Waals surface area contributed by atoms with Gasteiger partial charge in [-0.25, -0.2) is 0 Å². The molecule has 1 atom stereocenters. The first-order valence-corrected chi connectivity index (χ1v) is 7.37. The number of hydrogen-bond acceptors (Lipinski definition) is 1. The molecule has 0 aliphatic rings. The minimum absolute atomic E-state index is 0.00511. The number of quaternary nitrogens is 1. The number of amides is 1. The van der Waals surface area contributed by atoms with E-state index in [0.717, 1.165) is 21.8 Å². The standard InChI is InChI=1S/C17H19ClN2O/c1-12-5-3-8-16(9-12)20-17(21)11-19-13(2)14-6-4-7-15(18)10-14/h3-10,13,19H,11H2,1-2H3,(H,20,21)/p+1/t13-/m1/s1. The summed E-state index contributed by atoms with van der Waals surface area (Å²) in [4.78, 5) is 12.0. The van der Waals surface area contributed by atoms with Crippen molar-refractivity contribution in [2.75, 3.05) is 11.9 Å². The Labute approximate surface area is 130 Å². The van der Waals surface area contributed by atoms with Gasteiger partial charge < -0.3 is 10.6 Å². The van der Waals surface area contributed by atoms with Crippen LogP contribution in [0.15, 0.2) is 48.5 Å². The molecule has 0 bridgehead atoms. The first kappa shape index (κ1) is 15.5. The summed E-state index contributed by atoms with van der Waals surface area (Å²) in [5, 5.41) is 5.62. The molecule has 0 saturated heterocycles. The first-order valence-electron chi connectivity index (χ1n) is 7.00. The second kappa shape index (κ2) is 7.25. The van der Waals surface area contributed by atoms with E-state index in [1.165, 1.54) is 0 Å². The van der Waals surface area contributed by atoms with E-state index >= 15 is 0 Å². The van der Waals surface area contributed by atoms with Crippen LogP contribution in [0.5, 0.6) is 0 Å². The molecule has 0 fully saturated rings. The van der Waals surface area contributed by atoms with Gasteiger partial charge in [-0.05, 0) is 43.7 Å². The molecule has 4 heteroatoms. The van der Waals surface area contributed by atoms with Gasteiger partial charge >= 0.3 is 0 Å². The minimum atomic E-state index is -0.00511. The van der Waals surface area contributed by atoms with Crippen molar-refractivity contribution in [3.05, 3.63) is 64.7 Å². The van der Waals surface area contributed by atoms with Crippen molar-refractivity contribution in [3.8, 4) is 0 Å². The number of rotatable bonds is 5. The fourth-order valence-corrected chi connectivity index (χ4v) is 2.34. The van der Waals surface area contributed by atoms with Crippen molar-refractivity contribution >= 4 is 23.2 Å². The van der Waals surface area contributed by atoms with E-state index in [0.29, 0.717) is 6.54 Å². The lowest BCUT2D eigenvalue weighted by Crippen LogP contribution is -2.86. The zero-order valence-corrected chi connectivity index (χ0v) is 13.0. The van der Waals surface area contributed by atoms with Crippen LogP contribution in [0, 0.1) is 6.92 Å². The Kier molecular flexibility index (Phi) is 5.37. The van der Waals surface area contributed by atoms with Crippen LogP contribution in [0.3, 0.4) is 0 Å². The Morgan fingerprint density at radius 3 is 2.71 bits per heavy atom. The average Bonchev–Trinajstić information content (AvgIpc) is 2.45. The monoisotopic (exact) mass is 303 g/mol. The number of carbonyl (C=O) groups excluding carboxylic acids is 1. The molecule has 2 aromatic rings. The van der Waals surface area contributed by atoms with Gasteiger partial charge in [-0.3, -0.25) is 4.79 Å². The average molecular weight is 304 g/mol. The quantitative estimate of drug-likeness (QED) is 0.876. The minimum Gasteiger partial charge on any atom is -0.333 e. The molecule has 0 unspecified atom stereocenters. The van der Waals surface area contributed by atoms with Crippen molar-refractivity contribution in [2.45, 2.75) is 19.9 Å². The van der Waals surface area contributed by atoms with Crippen LogP contribution in [-0.2, 0) is 4.79 Å². The molecule has 21 heavy (non-hydrogen) atoms. The molecular weight excluding hydrogens is 284 g/mol. The SMILES string of the molecule is Cc1cccc(NC(=O)C[NH2+][C@H](C)c2cccc(Cl)c2)c1. The molecule has 0 heterocycles. The summed E-state index contributed by atoms with van der Waals surface area (Å²) >= 11 is 5.98. The third-order valence-corrected chi connectivity index (χ3v) is 3.57. The van der Waals surface area contributed by atoms with E-state index in [9.17, 15) is 4.79 Å². The first-order chi connectivity index (χ1) is 10.0. The maximum Gasteiger partial charge on any atom is 0.279 e. The van der Waals surface area contributed by atoms with Crippen LogP contribution < -0.4 is 10.6 Å². The highest BCUT2D eigenvalue weighted by Gasteiger charge is 2.11. The van der Waals surface area contributed by atoms with Crippen LogP contribution in [0.2, 0.25) is 5.02 Å². The van der Waals surface area contributed by atoms with Gasteiger partial charge in [-0.2, -0.15) is 0 Å². The van der Waals surface area contributed by atoms with Gasteiger partial charge in [0.25, 0.3) is 5.91 Å². The van der Waals surface area contributed by atoms with Crippen molar-refractivity contribution in [3.63, 3.8) is 0 Å². The lowest BCUT2D eigenvalue weighted by Gasteiger charge is -2.11. The topological polar surface area (TPSA) is 45.7 Å². The Hall–Kier alpha value is -1.84. The fourth-order valence-electron chi connectivity index (χ4n) is 2.14. The van der Waals surface area contributed by atoms with Crippen LogP contribution in [-0.4, -0.2) is 12.5 Å². The summed E-state index contributed by atoms with van der Waals surface area (Å²) in [7, 11) is 0. The third kappa shape index (κ3) is 4.88. The molecule has 2 rings (SSSR count). The lowest BCUT2D eigenvalue weighted by molar-refractivity contribution is -0.682. The van der Waals surface area contributed by atoms with Crippen molar-refractivity contribution in [1.82, 2.24) is 0 Å². The number of anilines is 1. The van der Waals surface area contributed by atoms with Crippen molar-refractivity contribution < 1.29 is 10.1 Å². The van der Waals surface area contributed by atoms with Crippen LogP contribution in [0.4, 0.5) is 5.69 Å². The molecular formula is C17H20ClN2O+. The van der Waals surface area contributed by atoms with Gasteiger partial charge in [0.15, 0.2) is 6.54 Å². The number of carbonyl (C=O) groups is 1. The summed E-state index contributed by atoms with van der Waals surface area (Å²) in [6, 6.07) is 15.7. The highest BCUT2D eigenvalue weighted by Crippen LogP contribution is 2.14. The number of halogens is 1. The molecule has 0 aromatic heterocycles.